The highest BCUT2D eigenvalue weighted by atomic mass is 19.2. The number of carbonyl (C=O) groups excluding carboxylic acids is 1. The fourth-order valence-corrected chi connectivity index (χ4v) is 1.46. The zero-order chi connectivity index (χ0) is 14.4. The number of hydrogen-bond acceptors (Lipinski definition) is 2. The van der Waals surface area contributed by atoms with Crippen molar-refractivity contribution in [3.63, 3.8) is 0 Å². The van der Waals surface area contributed by atoms with Crippen molar-refractivity contribution in [3.8, 4) is 0 Å². The van der Waals surface area contributed by atoms with Crippen LogP contribution in [0.3, 0.4) is 0 Å². The molecule has 104 valence electrons. The molecule has 0 bridgehead atoms. The number of aliphatic carboxylic acids is 1. The summed E-state index contributed by atoms with van der Waals surface area (Å²) in [6.07, 6.45) is 0.806. The smallest absolute Gasteiger partial charge is 0.326 e. The Labute approximate surface area is 108 Å². The summed E-state index contributed by atoms with van der Waals surface area (Å²) in [5.74, 6) is -3.47. The summed E-state index contributed by atoms with van der Waals surface area (Å²) in [7, 11) is 0. The molecular formula is C12H14F2N2O3. The van der Waals surface area contributed by atoms with E-state index in [1.807, 2.05) is 0 Å². The first-order chi connectivity index (χ1) is 8.95. The third-order valence-corrected chi connectivity index (χ3v) is 2.38. The molecule has 0 saturated heterocycles. The monoisotopic (exact) mass is 272 g/mol. The van der Waals surface area contributed by atoms with Gasteiger partial charge in [0.05, 0.1) is 5.69 Å². The third-order valence-electron chi connectivity index (χ3n) is 2.38. The Morgan fingerprint density at radius 3 is 2.63 bits per heavy atom. The van der Waals surface area contributed by atoms with Gasteiger partial charge >= 0.3 is 12.0 Å². The van der Waals surface area contributed by atoms with Crippen LogP contribution < -0.4 is 10.6 Å². The predicted octanol–water partition coefficient (Wildman–Crippen LogP) is 2.34. The van der Waals surface area contributed by atoms with E-state index in [1.54, 1.807) is 6.92 Å². The van der Waals surface area contributed by atoms with Crippen molar-refractivity contribution in [2.45, 2.75) is 25.8 Å². The van der Waals surface area contributed by atoms with Crippen LogP contribution in [0.2, 0.25) is 0 Å². The molecule has 1 aromatic rings. The molecule has 2 amide bonds. The summed E-state index contributed by atoms with van der Waals surface area (Å²) in [6.45, 7) is 1.77. The molecule has 5 nitrogen and oxygen atoms in total. The van der Waals surface area contributed by atoms with Crippen LogP contribution in [0.15, 0.2) is 18.2 Å². The number of hydrogen-bond donors (Lipinski definition) is 3. The first-order valence-electron chi connectivity index (χ1n) is 5.70. The summed E-state index contributed by atoms with van der Waals surface area (Å²) < 4.78 is 26.2. The molecule has 3 N–H and O–H groups in total. The predicted molar refractivity (Wildman–Crippen MR) is 64.8 cm³/mol. The van der Waals surface area contributed by atoms with Crippen LogP contribution in [0.4, 0.5) is 19.3 Å². The average molecular weight is 272 g/mol. The summed E-state index contributed by atoms with van der Waals surface area (Å²) in [5.41, 5.74) is -0.349. The average Bonchev–Trinajstić information content (AvgIpc) is 2.34. The zero-order valence-corrected chi connectivity index (χ0v) is 10.2. The van der Waals surface area contributed by atoms with Crippen molar-refractivity contribution in [1.82, 2.24) is 5.32 Å². The lowest BCUT2D eigenvalue weighted by Crippen LogP contribution is -2.43. The van der Waals surface area contributed by atoms with E-state index in [1.165, 1.54) is 12.1 Å². The number of amides is 2. The van der Waals surface area contributed by atoms with Crippen molar-refractivity contribution < 1.29 is 23.5 Å². The summed E-state index contributed by atoms with van der Waals surface area (Å²) in [5, 5.41) is 13.1. The van der Waals surface area contributed by atoms with E-state index in [0.717, 1.165) is 6.07 Å². The Morgan fingerprint density at radius 2 is 2.05 bits per heavy atom. The Bertz CT molecular complexity index is 480. The molecule has 0 aliphatic carbocycles. The Kier molecular flexibility index (Phi) is 5.23. The van der Waals surface area contributed by atoms with Crippen LogP contribution in [0.1, 0.15) is 19.8 Å². The van der Waals surface area contributed by atoms with Gasteiger partial charge in [-0.1, -0.05) is 19.4 Å². The number of rotatable bonds is 5. The second-order valence-electron chi connectivity index (χ2n) is 3.88. The first-order valence-corrected chi connectivity index (χ1v) is 5.70. The molecule has 0 saturated carbocycles. The number of halogens is 2. The van der Waals surface area contributed by atoms with E-state index < -0.39 is 29.7 Å². The highest BCUT2D eigenvalue weighted by Crippen LogP contribution is 2.16. The maximum Gasteiger partial charge on any atom is 0.326 e. The van der Waals surface area contributed by atoms with E-state index >= 15 is 0 Å². The van der Waals surface area contributed by atoms with Crippen molar-refractivity contribution >= 4 is 17.7 Å². The molecule has 7 heteroatoms. The van der Waals surface area contributed by atoms with Gasteiger partial charge in [0.25, 0.3) is 0 Å². The number of urea groups is 1. The fraction of sp³-hybridized carbons (Fsp3) is 0.333. The van der Waals surface area contributed by atoms with E-state index in [4.69, 9.17) is 5.11 Å². The summed E-state index contributed by atoms with van der Waals surface area (Å²) in [6, 6.07) is 1.35. The van der Waals surface area contributed by atoms with E-state index in [2.05, 4.69) is 10.6 Å². The molecular weight excluding hydrogens is 258 g/mol. The minimum Gasteiger partial charge on any atom is -0.480 e. The minimum atomic E-state index is -1.19. The number of carboxylic acids is 1. The fourth-order valence-electron chi connectivity index (χ4n) is 1.46. The zero-order valence-electron chi connectivity index (χ0n) is 10.2. The molecule has 0 aromatic heterocycles. The number of carboxylic acid groups (broad SMARTS) is 1. The van der Waals surface area contributed by atoms with Crippen LogP contribution in [0.25, 0.3) is 0 Å². The van der Waals surface area contributed by atoms with E-state index in [0.29, 0.717) is 6.42 Å². The molecule has 0 radical (unpaired) electrons. The topological polar surface area (TPSA) is 78.4 Å². The number of benzene rings is 1. The molecule has 0 fully saturated rings. The minimum absolute atomic E-state index is 0.244. The van der Waals surface area contributed by atoms with Gasteiger partial charge in [-0.2, -0.15) is 0 Å². The van der Waals surface area contributed by atoms with Crippen LogP contribution in [0, 0.1) is 11.6 Å². The van der Waals surface area contributed by atoms with Gasteiger partial charge in [0.1, 0.15) is 6.04 Å². The van der Waals surface area contributed by atoms with Crippen LogP contribution in [-0.4, -0.2) is 23.1 Å². The Hall–Kier alpha value is -2.18. The van der Waals surface area contributed by atoms with Gasteiger partial charge in [0.15, 0.2) is 11.6 Å². The lowest BCUT2D eigenvalue weighted by atomic mass is 10.2. The molecule has 0 aliphatic heterocycles. The lowest BCUT2D eigenvalue weighted by molar-refractivity contribution is -0.139. The molecule has 19 heavy (non-hydrogen) atoms. The van der Waals surface area contributed by atoms with Gasteiger partial charge in [0.2, 0.25) is 0 Å². The standard InChI is InChI=1S/C12H14F2N2O3/c1-2-4-9(11(17)18)16-12(19)15-8-6-3-5-7(13)10(8)14/h3,5-6,9H,2,4H2,1H3,(H,17,18)(H2,15,16,19). The van der Waals surface area contributed by atoms with Gasteiger partial charge in [-0.15, -0.1) is 0 Å². The molecule has 1 rings (SSSR count). The van der Waals surface area contributed by atoms with Crippen molar-refractivity contribution in [2.24, 2.45) is 0 Å². The van der Waals surface area contributed by atoms with Crippen LogP contribution in [-0.2, 0) is 4.79 Å². The van der Waals surface area contributed by atoms with Gasteiger partial charge in [-0.3, -0.25) is 0 Å². The van der Waals surface area contributed by atoms with Gasteiger partial charge < -0.3 is 15.7 Å². The highest BCUT2D eigenvalue weighted by molar-refractivity contribution is 5.92. The van der Waals surface area contributed by atoms with Crippen molar-refractivity contribution in [1.29, 1.82) is 0 Å². The molecule has 1 unspecified atom stereocenters. The molecule has 0 heterocycles. The summed E-state index contributed by atoms with van der Waals surface area (Å²) in [4.78, 5) is 22.3. The normalized spacial score (nSPS) is 11.7. The Morgan fingerprint density at radius 1 is 1.37 bits per heavy atom. The maximum atomic E-state index is 13.3. The lowest BCUT2D eigenvalue weighted by Gasteiger charge is -2.14. The first kappa shape index (κ1) is 14.9. The van der Waals surface area contributed by atoms with Crippen LogP contribution >= 0.6 is 0 Å². The van der Waals surface area contributed by atoms with Crippen LogP contribution in [0.5, 0.6) is 0 Å². The quantitative estimate of drug-likeness (QED) is 0.769. The number of anilines is 1. The molecule has 1 aromatic carbocycles. The van der Waals surface area contributed by atoms with Crippen molar-refractivity contribution in [3.05, 3.63) is 29.8 Å². The molecule has 0 spiro atoms. The SMILES string of the molecule is CCCC(NC(=O)Nc1cccc(F)c1F)C(=O)O. The van der Waals surface area contributed by atoms with Gasteiger partial charge in [0, 0.05) is 0 Å². The number of nitrogens with one attached hydrogen (secondary N) is 2. The summed E-state index contributed by atoms with van der Waals surface area (Å²) >= 11 is 0. The third kappa shape index (κ3) is 4.20. The van der Waals surface area contributed by atoms with Gasteiger partial charge in [-0.05, 0) is 18.6 Å². The number of carbonyl (C=O) groups is 2. The van der Waals surface area contributed by atoms with E-state index in [-0.39, 0.29) is 12.1 Å². The molecule has 0 aliphatic rings. The second kappa shape index (κ2) is 6.67. The Balaban J connectivity index is 2.69. The van der Waals surface area contributed by atoms with E-state index in [9.17, 15) is 18.4 Å². The second-order valence-corrected chi connectivity index (χ2v) is 3.88. The van der Waals surface area contributed by atoms with Crippen molar-refractivity contribution in [2.75, 3.05) is 5.32 Å². The highest BCUT2D eigenvalue weighted by Gasteiger charge is 2.19. The molecule has 1 atom stereocenters. The van der Waals surface area contributed by atoms with Gasteiger partial charge in [-0.25, -0.2) is 18.4 Å². The maximum absolute atomic E-state index is 13.3. The largest absolute Gasteiger partial charge is 0.480 e.